The van der Waals surface area contributed by atoms with Crippen LogP contribution in [0, 0.1) is 0 Å². The van der Waals surface area contributed by atoms with Crippen molar-refractivity contribution in [2.24, 2.45) is 5.73 Å². The summed E-state index contributed by atoms with van der Waals surface area (Å²) in [7, 11) is 0. The third-order valence-corrected chi connectivity index (χ3v) is 2.17. The Morgan fingerprint density at radius 2 is 1.79 bits per heavy atom. The van der Waals surface area contributed by atoms with Crippen LogP contribution in [0.1, 0.15) is 19.4 Å². The van der Waals surface area contributed by atoms with Crippen molar-refractivity contribution in [1.29, 1.82) is 0 Å². The Labute approximate surface area is 85.8 Å². The van der Waals surface area contributed by atoms with Crippen molar-refractivity contribution in [3.63, 3.8) is 0 Å². The Kier molecular flexibility index (Phi) is 4.54. The van der Waals surface area contributed by atoms with Crippen molar-refractivity contribution in [3.8, 4) is 0 Å². The highest BCUT2D eigenvalue weighted by atomic mass is 16.0. The highest BCUT2D eigenvalue weighted by Crippen LogP contribution is 2.15. The van der Waals surface area contributed by atoms with Crippen LogP contribution in [-0.2, 0) is 6.42 Å². The van der Waals surface area contributed by atoms with Crippen LogP contribution >= 0.6 is 0 Å². The first-order valence-electron chi connectivity index (χ1n) is 4.51. The van der Waals surface area contributed by atoms with Crippen molar-refractivity contribution >= 4 is 0 Å². The van der Waals surface area contributed by atoms with Gasteiger partial charge in [-0.2, -0.15) is 0 Å². The second-order valence-corrected chi connectivity index (χ2v) is 3.99. The molecular weight excluding hydrogens is 174 g/mol. The molecule has 78 valence electrons. The molecule has 0 aromatic heterocycles. The highest BCUT2D eigenvalue weighted by Gasteiger charge is 2.14. The van der Waals surface area contributed by atoms with Gasteiger partial charge in [-0.05, 0) is 25.8 Å². The fourth-order valence-electron chi connectivity index (χ4n) is 1.07. The largest absolute Gasteiger partial charge is 0.412 e. The molecule has 0 unspecified atom stereocenters. The highest BCUT2D eigenvalue weighted by molar-refractivity contribution is 5.24. The van der Waals surface area contributed by atoms with Gasteiger partial charge in [-0.15, -0.1) is 0 Å². The molecule has 0 aliphatic rings. The number of nitrogens with two attached hydrogens (primary N) is 1. The molecular formula is C12H19NO. The van der Waals surface area contributed by atoms with Crippen molar-refractivity contribution in [3.05, 3.63) is 48.0 Å². The minimum atomic E-state index is -0.282. The summed E-state index contributed by atoms with van der Waals surface area (Å²) >= 11 is 0. The van der Waals surface area contributed by atoms with Crippen molar-refractivity contribution < 1.29 is 5.48 Å². The van der Waals surface area contributed by atoms with Crippen LogP contribution in [0.2, 0.25) is 0 Å². The average Bonchev–Trinajstić information content (AvgIpc) is 2.04. The third kappa shape index (κ3) is 3.73. The van der Waals surface area contributed by atoms with E-state index in [1.165, 1.54) is 5.56 Å². The Bertz CT molecular complexity index is 285. The Morgan fingerprint density at radius 1 is 1.29 bits per heavy atom. The summed E-state index contributed by atoms with van der Waals surface area (Å²) in [5.74, 6) is 0. The number of benzene rings is 1. The molecule has 0 heterocycles. The second kappa shape index (κ2) is 4.94. The first kappa shape index (κ1) is 12.9. The Morgan fingerprint density at radius 3 is 2.21 bits per heavy atom. The molecule has 0 atom stereocenters. The van der Waals surface area contributed by atoms with Gasteiger partial charge in [0.05, 0.1) is 0 Å². The van der Waals surface area contributed by atoms with Gasteiger partial charge < -0.3 is 11.2 Å². The molecule has 0 aliphatic heterocycles. The van der Waals surface area contributed by atoms with Gasteiger partial charge >= 0.3 is 0 Å². The molecule has 4 N–H and O–H groups in total. The summed E-state index contributed by atoms with van der Waals surface area (Å²) in [6.07, 6.45) is 0.865. The Balaban J connectivity index is 0.00000169. The quantitative estimate of drug-likeness (QED) is 0.730. The molecule has 0 bridgehead atoms. The summed E-state index contributed by atoms with van der Waals surface area (Å²) in [5, 5.41) is 0. The number of hydrogen-bond donors (Lipinski definition) is 1. The maximum absolute atomic E-state index is 5.93. The van der Waals surface area contributed by atoms with Gasteiger partial charge in [-0.3, -0.25) is 0 Å². The molecule has 0 spiro atoms. The zero-order valence-electron chi connectivity index (χ0n) is 8.88. The van der Waals surface area contributed by atoms with E-state index < -0.39 is 0 Å². The van der Waals surface area contributed by atoms with E-state index >= 15 is 0 Å². The van der Waals surface area contributed by atoms with Crippen LogP contribution in [-0.4, -0.2) is 11.0 Å². The summed E-state index contributed by atoms with van der Waals surface area (Å²) in [6, 6.07) is 10.3. The van der Waals surface area contributed by atoms with E-state index in [9.17, 15) is 0 Å². The van der Waals surface area contributed by atoms with Crippen LogP contribution in [0.3, 0.4) is 0 Å². The number of hydrogen-bond acceptors (Lipinski definition) is 1. The van der Waals surface area contributed by atoms with Crippen LogP contribution in [0.4, 0.5) is 0 Å². The van der Waals surface area contributed by atoms with Gasteiger partial charge in [0.2, 0.25) is 0 Å². The van der Waals surface area contributed by atoms with Gasteiger partial charge in [0, 0.05) is 5.54 Å². The predicted octanol–water partition coefficient (Wildman–Crippen LogP) is 1.70. The van der Waals surface area contributed by atoms with Crippen molar-refractivity contribution in [2.75, 3.05) is 0 Å². The molecule has 1 aromatic rings. The fourth-order valence-corrected chi connectivity index (χ4v) is 1.07. The SMILES string of the molecule is C=C(Cc1ccccc1)C(C)(C)N.O. The molecule has 14 heavy (non-hydrogen) atoms. The lowest BCUT2D eigenvalue weighted by molar-refractivity contribution is 0.598. The topological polar surface area (TPSA) is 57.5 Å². The van der Waals surface area contributed by atoms with Gasteiger partial charge in [0.25, 0.3) is 0 Å². The van der Waals surface area contributed by atoms with E-state index in [-0.39, 0.29) is 11.0 Å². The lowest BCUT2D eigenvalue weighted by Crippen LogP contribution is -2.34. The predicted molar refractivity (Wildman–Crippen MR) is 61.2 cm³/mol. The van der Waals surface area contributed by atoms with E-state index in [4.69, 9.17) is 5.73 Å². The summed E-state index contributed by atoms with van der Waals surface area (Å²) in [5.41, 5.74) is 7.98. The molecule has 0 radical (unpaired) electrons. The first-order chi connectivity index (χ1) is 6.00. The summed E-state index contributed by atoms with van der Waals surface area (Å²) < 4.78 is 0. The van der Waals surface area contributed by atoms with E-state index in [0.717, 1.165) is 12.0 Å². The van der Waals surface area contributed by atoms with E-state index in [1.54, 1.807) is 0 Å². The van der Waals surface area contributed by atoms with E-state index in [2.05, 4.69) is 18.7 Å². The fraction of sp³-hybridized carbons (Fsp3) is 0.333. The van der Waals surface area contributed by atoms with Crippen LogP contribution < -0.4 is 5.73 Å². The maximum Gasteiger partial charge on any atom is 0.0312 e. The summed E-state index contributed by atoms with van der Waals surface area (Å²) in [6.45, 7) is 7.97. The minimum absolute atomic E-state index is 0. The minimum Gasteiger partial charge on any atom is -0.412 e. The molecule has 0 fully saturated rings. The first-order valence-corrected chi connectivity index (χ1v) is 4.51. The lowest BCUT2D eigenvalue weighted by Gasteiger charge is -2.21. The van der Waals surface area contributed by atoms with Gasteiger partial charge in [0.15, 0.2) is 0 Å². The van der Waals surface area contributed by atoms with Gasteiger partial charge in [-0.25, -0.2) is 0 Å². The summed E-state index contributed by atoms with van der Waals surface area (Å²) in [4.78, 5) is 0. The molecule has 0 amide bonds. The second-order valence-electron chi connectivity index (χ2n) is 3.99. The average molecular weight is 193 g/mol. The molecule has 2 nitrogen and oxygen atoms in total. The lowest BCUT2D eigenvalue weighted by atomic mass is 9.91. The molecule has 2 heteroatoms. The monoisotopic (exact) mass is 193 g/mol. The standard InChI is InChI=1S/C12H17N.H2O/c1-10(12(2,3)13)9-11-7-5-4-6-8-11;/h4-8H,1,9,13H2,2-3H3;1H2. The van der Waals surface area contributed by atoms with Crippen molar-refractivity contribution in [2.45, 2.75) is 25.8 Å². The normalized spacial score (nSPS) is 10.5. The molecule has 0 aliphatic carbocycles. The Hall–Kier alpha value is -1.12. The smallest absolute Gasteiger partial charge is 0.0312 e. The zero-order chi connectivity index (χ0) is 9.90. The van der Waals surface area contributed by atoms with Crippen molar-refractivity contribution in [1.82, 2.24) is 0 Å². The molecule has 1 rings (SSSR count). The van der Waals surface area contributed by atoms with Crippen LogP contribution in [0.15, 0.2) is 42.5 Å². The van der Waals surface area contributed by atoms with E-state index in [1.807, 2.05) is 32.0 Å². The molecule has 1 aromatic carbocycles. The third-order valence-electron chi connectivity index (χ3n) is 2.17. The van der Waals surface area contributed by atoms with Gasteiger partial charge in [0.1, 0.15) is 0 Å². The van der Waals surface area contributed by atoms with Crippen LogP contribution in [0.5, 0.6) is 0 Å². The van der Waals surface area contributed by atoms with E-state index in [0.29, 0.717) is 0 Å². The zero-order valence-corrected chi connectivity index (χ0v) is 8.88. The maximum atomic E-state index is 5.93. The number of rotatable bonds is 3. The van der Waals surface area contributed by atoms with Crippen LogP contribution in [0.25, 0.3) is 0 Å². The van der Waals surface area contributed by atoms with Gasteiger partial charge in [-0.1, -0.05) is 42.5 Å². The molecule has 0 saturated heterocycles. The molecule has 0 saturated carbocycles.